The van der Waals surface area contributed by atoms with Crippen molar-refractivity contribution in [1.82, 2.24) is 14.5 Å². The van der Waals surface area contributed by atoms with Gasteiger partial charge in [-0.1, -0.05) is 0 Å². The number of anilines is 1. The number of fused-ring (bicyclic) bond motifs is 2. The molecule has 5 rings (SSSR count). The largest absolute Gasteiger partial charge is 0.486 e. The molecule has 0 saturated carbocycles. The number of carbonyl (C=O) groups is 1. The molecule has 3 aromatic rings. The molecule has 1 saturated heterocycles. The van der Waals surface area contributed by atoms with Crippen LogP contribution in [-0.4, -0.2) is 53.2 Å². The number of hydrogen-bond donors (Lipinski definition) is 1. The van der Waals surface area contributed by atoms with Gasteiger partial charge in [-0.15, -0.1) is 0 Å². The van der Waals surface area contributed by atoms with Gasteiger partial charge in [-0.3, -0.25) is 9.69 Å². The van der Waals surface area contributed by atoms with E-state index < -0.39 is 11.7 Å². The minimum absolute atomic E-state index is 0.113. The van der Waals surface area contributed by atoms with E-state index in [9.17, 15) is 18.0 Å². The maximum atomic E-state index is 13.0. The van der Waals surface area contributed by atoms with E-state index >= 15 is 0 Å². The van der Waals surface area contributed by atoms with Crippen LogP contribution in [-0.2, 0) is 11.0 Å². The minimum Gasteiger partial charge on any atom is -0.486 e. The fourth-order valence-electron chi connectivity index (χ4n) is 4.38. The van der Waals surface area contributed by atoms with Crippen LogP contribution in [0.25, 0.3) is 11.0 Å². The van der Waals surface area contributed by atoms with Crippen LogP contribution in [0.2, 0.25) is 0 Å². The Balaban J connectivity index is 1.17. The predicted molar refractivity (Wildman–Crippen MR) is 116 cm³/mol. The van der Waals surface area contributed by atoms with Crippen LogP contribution in [0, 0.1) is 0 Å². The Hall–Kier alpha value is -3.27. The first-order valence-corrected chi connectivity index (χ1v) is 10.8. The fourth-order valence-corrected chi connectivity index (χ4v) is 4.38. The number of likely N-dealkylation sites (tertiary alicyclic amines) is 1. The number of amides is 1. The molecule has 10 heteroatoms. The van der Waals surface area contributed by atoms with Crippen LogP contribution in [0.15, 0.2) is 42.7 Å². The van der Waals surface area contributed by atoms with Crippen molar-refractivity contribution in [3.8, 4) is 11.5 Å². The molecule has 0 bridgehead atoms. The third kappa shape index (κ3) is 4.61. The SMILES string of the molecule is O=C(CN1CCC(n2cnc3cc(C(F)(F)F)ccc32)CC1)Nc1ccc2c(c1)OCCO2. The molecule has 1 amide bonds. The number of aromatic nitrogens is 2. The molecule has 2 aliphatic rings. The molecule has 2 aromatic carbocycles. The second-order valence-electron chi connectivity index (χ2n) is 8.27. The van der Waals surface area contributed by atoms with Crippen molar-refractivity contribution < 1.29 is 27.4 Å². The second kappa shape index (κ2) is 8.58. The number of ether oxygens (including phenoxy) is 2. The summed E-state index contributed by atoms with van der Waals surface area (Å²) >= 11 is 0. The summed E-state index contributed by atoms with van der Waals surface area (Å²) in [5.41, 5.74) is 0.991. The van der Waals surface area contributed by atoms with E-state index in [1.165, 1.54) is 6.07 Å². The van der Waals surface area contributed by atoms with Gasteiger partial charge in [0.15, 0.2) is 11.5 Å². The number of rotatable bonds is 4. The maximum absolute atomic E-state index is 13.0. The molecular weight excluding hydrogens is 437 g/mol. The summed E-state index contributed by atoms with van der Waals surface area (Å²) < 4.78 is 51.8. The molecule has 1 aromatic heterocycles. The van der Waals surface area contributed by atoms with Gasteiger partial charge in [0.25, 0.3) is 0 Å². The van der Waals surface area contributed by atoms with E-state index in [1.54, 1.807) is 24.5 Å². The molecule has 1 N–H and O–H groups in total. The normalized spacial score (nSPS) is 17.3. The van der Waals surface area contributed by atoms with Gasteiger partial charge < -0.3 is 19.4 Å². The summed E-state index contributed by atoms with van der Waals surface area (Å²) in [6.45, 7) is 2.67. The highest BCUT2D eigenvalue weighted by molar-refractivity contribution is 5.92. The zero-order valence-corrected chi connectivity index (χ0v) is 17.8. The van der Waals surface area contributed by atoms with Gasteiger partial charge in [-0.25, -0.2) is 4.98 Å². The van der Waals surface area contributed by atoms with Crippen LogP contribution in [0.5, 0.6) is 11.5 Å². The van der Waals surface area contributed by atoms with Crippen LogP contribution < -0.4 is 14.8 Å². The van der Waals surface area contributed by atoms with Crippen molar-refractivity contribution in [2.45, 2.75) is 25.1 Å². The number of nitrogens with one attached hydrogen (secondary N) is 1. The zero-order valence-electron chi connectivity index (χ0n) is 17.8. The second-order valence-corrected chi connectivity index (χ2v) is 8.27. The average Bonchev–Trinajstić information content (AvgIpc) is 3.22. The monoisotopic (exact) mass is 460 g/mol. The molecule has 0 spiro atoms. The number of piperidine rings is 1. The Kier molecular flexibility index (Phi) is 5.61. The first-order chi connectivity index (χ1) is 15.9. The van der Waals surface area contributed by atoms with Crippen molar-refractivity contribution in [2.24, 2.45) is 0 Å². The molecule has 2 aliphatic heterocycles. The van der Waals surface area contributed by atoms with Gasteiger partial charge in [0.2, 0.25) is 5.91 Å². The molecule has 7 nitrogen and oxygen atoms in total. The van der Waals surface area contributed by atoms with Gasteiger partial charge in [0.05, 0.1) is 29.5 Å². The number of nitrogens with zero attached hydrogens (tertiary/aromatic N) is 3. The summed E-state index contributed by atoms with van der Waals surface area (Å²) in [7, 11) is 0. The molecule has 1 fully saturated rings. The quantitative estimate of drug-likeness (QED) is 0.635. The lowest BCUT2D eigenvalue weighted by molar-refractivity contribution is -0.137. The minimum atomic E-state index is -4.39. The first kappa shape index (κ1) is 21.6. The van der Waals surface area contributed by atoms with Gasteiger partial charge in [-0.2, -0.15) is 13.2 Å². The number of carbonyl (C=O) groups excluding carboxylic acids is 1. The summed E-state index contributed by atoms with van der Waals surface area (Å²) in [6.07, 6.45) is -1.21. The standard InChI is InChI=1S/C23H23F3N4O3/c24-23(25,26)15-1-3-19-18(11-15)27-14-30(19)17-5-7-29(8-6-17)13-22(31)28-16-2-4-20-21(12-16)33-10-9-32-20/h1-4,11-12,14,17H,5-10,13H2,(H,28,31). The van der Waals surface area contributed by atoms with Gasteiger partial charge in [-0.05, 0) is 43.2 Å². The topological polar surface area (TPSA) is 68.6 Å². The molecule has 3 heterocycles. The van der Waals surface area contributed by atoms with Crippen LogP contribution in [0.1, 0.15) is 24.4 Å². The van der Waals surface area contributed by atoms with Crippen molar-refractivity contribution >= 4 is 22.6 Å². The maximum Gasteiger partial charge on any atom is 0.416 e. The first-order valence-electron chi connectivity index (χ1n) is 10.8. The lowest BCUT2D eigenvalue weighted by Gasteiger charge is -2.32. The van der Waals surface area contributed by atoms with E-state index in [0.717, 1.165) is 25.0 Å². The van der Waals surface area contributed by atoms with Crippen molar-refractivity contribution in [1.29, 1.82) is 0 Å². The lowest BCUT2D eigenvalue weighted by Crippen LogP contribution is -2.39. The fraction of sp³-hybridized carbons (Fsp3) is 0.391. The molecule has 0 unspecified atom stereocenters. The number of imidazole rings is 1. The molecule has 174 valence electrons. The summed E-state index contributed by atoms with van der Waals surface area (Å²) in [5, 5.41) is 2.90. The summed E-state index contributed by atoms with van der Waals surface area (Å²) in [4.78, 5) is 18.8. The number of alkyl halides is 3. The third-order valence-corrected chi connectivity index (χ3v) is 6.05. The summed E-state index contributed by atoms with van der Waals surface area (Å²) in [5.74, 6) is 1.18. The lowest BCUT2D eigenvalue weighted by atomic mass is 10.0. The number of halogens is 3. The Morgan fingerprint density at radius 2 is 1.82 bits per heavy atom. The Morgan fingerprint density at radius 1 is 1.06 bits per heavy atom. The van der Waals surface area contributed by atoms with E-state index in [0.29, 0.717) is 54.5 Å². The van der Waals surface area contributed by atoms with Crippen molar-refractivity contribution in [3.05, 3.63) is 48.3 Å². The number of hydrogen-bond acceptors (Lipinski definition) is 5. The Morgan fingerprint density at radius 3 is 2.58 bits per heavy atom. The van der Waals surface area contributed by atoms with Gasteiger partial charge in [0, 0.05) is 30.9 Å². The van der Waals surface area contributed by atoms with Gasteiger partial charge in [0.1, 0.15) is 13.2 Å². The van der Waals surface area contributed by atoms with E-state index in [1.807, 2.05) is 4.57 Å². The molecular formula is C23H23F3N4O3. The van der Waals surface area contributed by atoms with Crippen molar-refractivity contribution in [3.63, 3.8) is 0 Å². The predicted octanol–water partition coefficient (Wildman–Crippen LogP) is 4.10. The van der Waals surface area contributed by atoms with Crippen LogP contribution >= 0.6 is 0 Å². The van der Waals surface area contributed by atoms with Crippen molar-refractivity contribution in [2.75, 3.05) is 38.2 Å². The highest BCUT2D eigenvalue weighted by Gasteiger charge is 2.31. The number of benzene rings is 2. The third-order valence-electron chi connectivity index (χ3n) is 6.05. The molecule has 33 heavy (non-hydrogen) atoms. The van der Waals surface area contributed by atoms with E-state index in [-0.39, 0.29) is 18.5 Å². The highest BCUT2D eigenvalue weighted by Crippen LogP contribution is 2.34. The smallest absolute Gasteiger partial charge is 0.416 e. The average molecular weight is 460 g/mol. The van der Waals surface area contributed by atoms with E-state index in [2.05, 4.69) is 15.2 Å². The molecule has 0 radical (unpaired) electrons. The zero-order chi connectivity index (χ0) is 23.0. The summed E-state index contributed by atoms with van der Waals surface area (Å²) in [6, 6.07) is 9.12. The molecule has 0 aliphatic carbocycles. The Bertz CT molecular complexity index is 1170. The molecule has 0 atom stereocenters. The van der Waals surface area contributed by atoms with E-state index in [4.69, 9.17) is 9.47 Å². The Labute approximate surface area is 188 Å². The van der Waals surface area contributed by atoms with Crippen LogP contribution in [0.4, 0.5) is 18.9 Å². The highest BCUT2D eigenvalue weighted by atomic mass is 19.4. The van der Waals surface area contributed by atoms with Gasteiger partial charge >= 0.3 is 6.18 Å². The van der Waals surface area contributed by atoms with Crippen LogP contribution in [0.3, 0.4) is 0 Å².